The van der Waals surface area contributed by atoms with E-state index >= 15 is 0 Å². The summed E-state index contributed by atoms with van der Waals surface area (Å²) in [5.74, 6) is -0.777. The fourth-order valence-corrected chi connectivity index (χ4v) is 4.38. The number of rotatable bonds is 3. The molecule has 0 fully saturated rings. The Morgan fingerprint density at radius 1 is 1.22 bits per heavy atom. The Morgan fingerprint density at radius 3 is 2.78 bits per heavy atom. The number of hydrogen-bond donors (Lipinski definition) is 0. The minimum Gasteiger partial charge on any atom is -0.332 e. The second-order valence-corrected chi connectivity index (χ2v) is 8.35. The molecule has 9 heteroatoms. The lowest BCUT2D eigenvalue weighted by Crippen LogP contribution is -2.39. The summed E-state index contributed by atoms with van der Waals surface area (Å²) in [6.45, 7) is 2.66. The highest BCUT2D eigenvalue weighted by molar-refractivity contribution is 6.30. The molecule has 162 valence electrons. The van der Waals surface area contributed by atoms with E-state index in [1.165, 1.54) is 22.4 Å². The molecule has 1 unspecified atom stereocenters. The Hall–Kier alpha value is -3.52. The van der Waals surface area contributed by atoms with Crippen molar-refractivity contribution in [2.45, 2.75) is 19.4 Å². The van der Waals surface area contributed by atoms with Crippen molar-refractivity contribution in [3.63, 3.8) is 0 Å². The Kier molecular flexibility index (Phi) is 5.01. The minimum absolute atomic E-state index is 0.00154. The van der Waals surface area contributed by atoms with E-state index in [1.807, 2.05) is 37.6 Å². The van der Waals surface area contributed by atoms with Gasteiger partial charge >= 0.3 is 0 Å². The maximum absolute atomic E-state index is 14.4. The predicted octanol–water partition coefficient (Wildman–Crippen LogP) is 3.89. The first-order valence-corrected chi connectivity index (χ1v) is 10.5. The smallest absolute Gasteiger partial charge is 0.276 e. The van der Waals surface area contributed by atoms with Crippen LogP contribution in [0.15, 0.2) is 54.9 Å². The quantitative estimate of drug-likeness (QED) is 0.475. The molecule has 3 heterocycles. The molecule has 0 saturated carbocycles. The van der Waals surface area contributed by atoms with Gasteiger partial charge in [-0.1, -0.05) is 41.1 Å². The van der Waals surface area contributed by atoms with Crippen molar-refractivity contribution in [3.05, 3.63) is 93.8 Å². The van der Waals surface area contributed by atoms with Crippen LogP contribution in [0.5, 0.6) is 0 Å². The maximum Gasteiger partial charge on any atom is 0.276 e. The summed E-state index contributed by atoms with van der Waals surface area (Å²) in [7, 11) is 1.87. The van der Waals surface area contributed by atoms with Gasteiger partial charge in [-0.25, -0.2) is 9.07 Å². The van der Waals surface area contributed by atoms with Crippen LogP contribution in [0.25, 0.3) is 5.69 Å². The van der Waals surface area contributed by atoms with E-state index in [-0.39, 0.29) is 28.2 Å². The van der Waals surface area contributed by atoms with Crippen LogP contribution in [-0.2, 0) is 13.6 Å². The van der Waals surface area contributed by atoms with Crippen LogP contribution in [0, 0.1) is 12.7 Å². The van der Waals surface area contributed by atoms with Crippen LogP contribution in [-0.4, -0.2) is 42.1 Å². The first kappa shape index (κ1) is 20.4. The average Bonchev–Trinajstić information content (AvgIpc) is 3.38. The molecule has 32 heavy (non-hydrogen) atoms. The van der Waals surface area contributed by atoms with E-state index < -0.39 is 5.82 Å². The predicted molar refractivity (Wildman–Crippen MR) is 117 cm³/mol. The highest BCUT2D eigenvalue weighted by Gasteiger charge is 2.32. The van der Waals surface area contributed by atoms with Crippen molar-refractivity contribution in [1.82, 2.24) is 29.7 Å². The number of carbonyl (C=O) groups is 1. The lowest BCUT2D eigenvalue weighted by Gasteiger charge is -2.34. The molecule has 1 aliphatic rings. The van der Waals surface area contributed by atoms with Crippen molar-refractivity contribution < 1.29 is 9.18 Å². The first-order valence-electron chi connectivity index (χ1n) is 10.2. The van der Waals surface area contributed by atoms with Gasteiger partial charge in [0.15, 0.2) is 5.69 Å². The Bertz CT molecular complexity index is 1330. The van der Waals surface area contributed by atoms with Gasteiger partial charge in [-0.15, -0.1) is 5.10 Å². The van der Waals surface area contributed by atoms with E-state index in [0.717, 1.165) is 11.1 Å². The molecule has 1 amide bonds. The van der Waals surface area contributed by atoms with Crippen LogP contribution in [0.3, 0.4) is 0 Å². The number of amides is 1. The molecular weight excluding hydrogens is 431 g/mol. The zero-order chi connectivity index (χ0) is 22.4. The maximum atomic E-state index is 14.4. The van der Waals surface area contributed by atoms with Gasteiger partial charge in [0, 0.05) is 37.3 Å². The molecule has 0 N–H and O–H groups in total. The third kappa shape index (κ3) is 3.46. The Labute approximate surface area is 189 Å². The first-order chi connectivity index (χ1) is 15.4. The second-order valence-electron chi connectivity index (χ2n) is 7.92. The molecule has 5 rings (SSSR count). The van der Waals surface area contributed by atoms with Gasteiger partial charge in [0.1, 0.15) is 11.5 Å². The van der Waals surface area contributed by atoms with Gasteiger partial charge < -0.3 is 4.90 Å². The number of benzene rings is 2. The number of halogens is 2. The summed E-state index contributed by atoms with van der Waals surface area (Å²) in [6, 6.07) is 12.4. The third-order valence-corrected chi connectivity index (χ3v) is 6.08. The normalized spacial score (nSPS) is 15.6. The SMILES string of the molecule is Cc1c(C(=O)N2Cc3ccccc3C(c3cnn(C)c3)C2)nnn1-c1ccc(Cl)cc1F. The fraction of sp³-hybridized carbons (Fsp3) is 0.217. The minimum atomic E-state index is -0.534. The summed E-state index contributed by atoms with van der Waals surface area (Å²) in [6.07, 6.45) is 3.81. The summed E-state index contributed by atoms with van der Waals surface area (Å²) >= 11 is 5.86. The summed E-state index contributed by atoms with van der Waals surface area (Å²) in [5, 5.41) is 12.7. The van der Waals surface area contributed by atoms with Crippen molar-refractivity contribution >= 4 is 17.5 Å². The molecule has 7 nitrogen and oxygen atoms in total. The standard InChI is InChI=1S/C23H20ClFN6O/c1-14-22(27-28-31(14)21-8-7-17(24)9-20(21)25)23(32)30-12-15-5-3-4-6-18(15)19(13-30)16-10-26-29(2)11-16/h3-11,19H,12-13H2,1-2H3. The monoisotopic (exact) mass is 450 g/mol. The molecule has 0 spiro atoms. The Balaban J connectivity index is 1.49. The van der Waals surface area contributed by atoms with Crippen molar-refractivity contribution in [2.24, 2.45) is 7.05 Å². The second kappa shape index (κ2) is 7.87. The molecule has 2 aromatic carbocycles. The van der Waals surface area contributed by atoms with Gasteiger partial charge in [0.05, 0.1) is 11.9 Å². The lowest BCUT2D eigenvalue weighted by molar-refractivity contribution is 0.0718. The van der Waals surface area contributed by atoms with Gasteiger partial charge in [-0.2, -0.15) is 5.10 Å². The molecule has 0 saturated heterocycles. The van der Waals surface area contributed by atoms with E-state index in [2.05, 4.69) is 21.5 Å². The van der Waals surface area contributed by atoms with Crippen molar-refractivity contribution in [3.8, 4) is 5.69 Å². The number of carbonyl (C=O) groups excluding carboxylic acids is 1. The largest absolute Gasteiger partial charge is 0.332 e. The molecule has 1 aliphatic heterocycles. The average molecular weight is 451 g/mol. The molecule has 2 aromatic heterocycles. The highest BCUT2D eigenvalue weighted by atomic mass is 35.5. The number of aromatic nitrogens is 5. The summed E-state index contributed by atoms with van der Waals surface area (Å²) in [4.78, 5) is 15.2. The fourth-order valence-electron chi connectivity index (χ4n) is 4.23. The molecule has 0 radical (unpaired) electrons. The number of fused-ring (bicyclic) bond motifs is 1. The summed E-state index contributed by atoms with van der Waals surface area (Å²) < 4.78 is 17.5. The molecule has 1 atom stereocenters. The van der Waals surface area contributed by atoms with Crippen LogP contribution in [0.4, 0.5) is 4.39 Å². The van der Waals surface area contributed by atoms with Gasteiger partial charge in [-0.3, -0.25) is 9.48 Å². The zero-order valence-corrected chi connectivity index (χ0v) is 18.3. The van der Waals surface area contributed by atoms with E-state index in [9.17, 15) is 9.18 Å². The van der Waals surface area contributed by atoms with E-state index in [0.29, 0.717) is 18.8 Å². The van der Waals surface area contributed by atoms with Crippen LogP contribution >= 0.6 is 11.6 Å². The van der Waals surface area contributed by atoms with Crippen LogP contribution in [0.1, 0.15) is 38.8 Å². The number of hydrogen-bond acceptors (Lipinski definition) is 4. The molecular formula is C23H20ClFN6O. The molecule has 0 aliphatic carbocycles. The number of nitrogens with zero attached hydrogens (tertiary/aromatic N) is 6. The Morgan fingerprint density at radius 2 is 2.03 bits per heavy atom. The summed E-state index contributed by atoms with van der Waals surface area (Å²) in [5.41, 5.74) is 4.16. The van der Waals surface area contributed by atoms with Crippen LogP contribution < -0.4 is 0 Å². The zero-order valence-electron chi connectivity index (χ0n) is 17.5. The lowest BCUT2D eigenvalue weighted by atomic mass is 9.86. The molecule has 4 aromatic rings. The highest BCUT2D eigenvalue weighted by Crippen LogP contribution is 2.34. The van der Waals surface area contributed by atoms with Gasteiger partial charge in [0.2, 0.25) is 0 Å². The van der Waals surface area contributed by atoms with E-state index in [1.54, 1.807) is 22.6 Å². The van der Waals surface area contributed by atoms with Crippen molar-refractivity contribution in [1.29, 1.82) is 0 Å². The topological polar surface area (TPSA) is 68.8 Å². The van der Waals surface area contributed by atoms with Crippen LogP contribution in [0.2, 0.25) is 5.02 Å². The molecule has 0 bridgehead atoms. The van der Waals surface area contributed by atoms with Gasteiger partial charge in [0.25, 0.3) is 5.91 Å². The third-order valence-electron chi connectivity index (χ3n) is 5.84. The van der Waals surface area contributed by atoms with Crippen molar-refractivity contribution in [2.75, 3.05) is 6.54 Å². The van der Waals surface area contributed by atoms with E-state index in [4.69, 9.17) is 11.6 Å². The van der Waals surface area contributed by atoms with Gasteiger partial charge in [-0.05, 0) is 41.8 Å². The number of aryl methyl sites for hydroxylation is 1.